The predicted octanol–water partition coefficient (Wildman–Crippen LogP) is 3.87. The molecule has 28 heavy (non-hydrogen) atoms. The van der Waals surface area contributed by atoms with Crippen molar-refractivity contribution in [1.82, 2.24) is 14.8 Å². The number of halogens is 1. The summed E-state index contributed by atoms with van der Waals surface area (Å²) in [6.07, 6.45) is 1.44. The number of para-hydroxylation sites is 2. The molecule has 1 aliphatic heterocycles. The zero-order valence-electron chi connectivity index (χ0n) is 15.3. The predicted molar refractivity (Wildman–Crippen MR) is 108 cm³/mol. The number of carbonyl (C=O) groups is 1. The van der Waals surface area contributed by atoms with Gasteiger partial charge in [0.25, 0.3) is 5.91 Å². The number of nitrogens with one attached hydrogen (secondary N) is 2. The van der Waals surface area contributed by atoms with E-state index < -0.39 is 6.04 Å². The van der Waals surface area contributed by atoms with Crippen molar-refractivity contribution in [1.29, 1.82) is 0 Å². The molecule has 7 nitrogen and oxygen atoms in total. The van der Waals surface area contributed by atoms with Crippen LogP contribution in [0, 0.1) is 0 Å². The van der Waals surface area contributed by atoms with Gasteiger partial charge in [0.15, 0.2) is 0 Å². The number of hydrogen-bond acceptors (Lipinski definition) is 5. The molecule has 0 aliphatic carbocycles. The summed E-state index contributed by atoms with van der Waals surface area (Å²) in [5.41, 5.74) is 2.52. The van der Waals surface area contributed by atoms with Gasteiger partial charge in [0.1, 0.15) is 18.1 Å². The van der Waals surface area contributed by atoms with Crippen molar-refractivity contribution in [2.24, 2.45) is 0 Å². The highest BCUT2D eigenvalue weighted by molar-refractivity contribution is 6.31. The normalized spacial score (nSPS) is 15.6. The third kappa shape index (κ3) is 3.10. The minimum atomic E-state index is -0.512. The van der Waals surface area contributed by atoms with Gasteiger partial charge in [-0.1, -0.05) is 41.9 Å². The second kappa shape index (κ2) is 7.36. The van der Waals surface area contributed by atoms with E-state index in [9.17, 15) is 4.79 Å². The molecule has 142 valence electrons. The molecule has 1 aromatic heterocycles. The average Bonchev–Trinajstić information content (AvgIpc) is 3.16. The Morgan fingerprint density at radius 2 is 1.96 bits per heavy atom. The van der Waals surface area contributed by atoms with Crippen LogP contribution in [0.2, 0.25) is 5.02 Å². The van der Waals surface area contributed by atoms with Crippen molar-refractivity contribution >= 4 is 29.1 Å². The fourth-order valence-electron chi connectivity index (χ4n) is 3.31. The highest BCUT2D eigenvalue weighted by atomic mass is 35.5. The van der Waals surface area contributed by atoms with Crippen LogP contribution in [0.3, 0.4) is 0 Å². The Balaban J connectivity index is 1.79. The van der Waals surface area contributed by atoms with E-state index in [2.05, 4.69) is 20.7 Å². The van der Waals surface area contributed by atoms with Crippen molar-refractivity contribution < 1.29 is 9.53 Å². The van der Waals surface area contributed by atoms with Gasteiger partial charge >= 0.3 is 0 Å². The van der Waals surface area contributed by atoms with Crippen molar-refractivity contribution in [3.05, 3.63) is 76.7 Å². The van der Waals surface area contributed by atoms with E-state index in [-0.39, 0.29) is 5.91 Å². The lowest BCUT2D eigenvalue weighted by Gasteiger charge is -2.29. The van der Waals surface area contributed by atoms with Gasteiger partial charge in [0, 0.05) is 16.3 Å². The van der Waals surface area contributed by atoms with Gasteiger partial charge in [0.05, 0.1) is 18.4 Å². The first-order chi connectivity index (χ1) is 13.6. The van der Waals surface area contributed by atoms with Crippen LogP contribution in [-0.2, 0) is 4.79 Å². The Labute approximate surface area is 167 Å². The number of amides is 1. The fraction of sp³-hybridized carbons (Fsp3) is 0.150. The summed E-state index contributed by atoms with van der Waals surface area (Å²) in [5, 5.41) is 10.9. The second-order valence-corrected chi connectivity index (χ2v) is 6.68. The minimum absolute atomic E-state index is 0.277. The Hall–Kier alpha value is -3.32. The summed E-state index contributed by atoms with van der Waals surface area (Å²) in [7, 11) is 1.56. The number of benzene rings is 2. The molecule has 3 aromatic rings. The molecule has 0 saturated heterocycles. The number of anilines is 2. The van der Waals surface area contributed by atoms with Gasteiger partial charge in [0.2, 0.25) is 5.95 Å². The van der Waals surface area contributed by atoms with Crippen LogP contribution >= 0.6 is 11.6 Å². The van der Waals surface area contributed by atoms with Crippen LogP contribution in [0.4, 0.5) is 11.6 Å². The summed E-state index contributed by atoms with van der Waals surface area (Å²) in [4.78, 5) is 17.5. The Morgan fingerprint density at radius 3 is 2.75 bits per heavy atom. The molecule has 0 saturated carbocycles. The first-order valence-electron chi connectivity index (χ1n) is 8.66. The number of aromatic nitrogens is 3. The number of ether oxygens (including phenoxy) is 1. The van der Waals surface area contributed by atoms with Crippen LogP contribution in [0.25, 0.3) is 0 Å². The minimum Gasteiger partial charge on any atom is -0.495 e. The molecular weight excluding hydrogens is 378 g/mol. The summed E-state index contributed by atoms with van der Waals surface area (Å²) in [5.74, 6) is 0.852. The van der Waals surface area contributed by atoms with Crippen LogP contribution in [0.15, 0.2) is 66.1 Å². The van der Waals surface area contributed by atoms with E-state index in [1.54, 1.807) is 30.0 Å². The van der Waals surface area contributed by atoms with Gasteiger partial charge in [-0.2, -0.15) is 10.1 Å². The van der Waals surface area contributed by atoms with Gasteiger partial charge in [-0.15, -0.1) is 0 Å². The van der Waals surface area contributed by atoms with Gasteiger partial charge < -0.3 is 15.4 Å². The fourth-order valence-corrected chi connectivity index (χ4v) is 3.55. The lowest BCUT2D eigenvalue weighted by Crippen LogP contribution is -2.31. The Kier molecular flexibility index (Phi) is 4.75. The third-order valence-electron chi connectivity index (χ3n) is 4.59. The lowest BCUT2D eigenvalue weighted by atomic mass is 9.95. The molecule has 0 spiro atoms. The number of hydrogen-bond donors (Lipinski definition) is 2. The van der Waals surface area contributed by atoms with Crippen molar-refractivity contribution in [3.8, 4) is 5.75 Å². The number of fused-ring (bicyclic) bond motifs is 1. The average molecular weight is 396 g/mol. The molecule has 0 radical (unpaired) electrons. The maximum Gasteiger partial charge on any atom is 0.255 e. The van der Waals surface area contributed by atoms with Crippen LogP contribution in [0.5, 0.6) is 5.75 Å². The molecule has 2 heterocycles. The number of rotatable bonds is 4. The largest absolute Gasteiger partial charge is 0.495 e. The highest BCUT2D eigenvalue weighted by Crippen LogP contribution is 2.38. The van der Waals surface area contributed by atoms with Crippen molar-refractivity contribution in [3.63, 3.8) is 0 Å². The zero-order chi connectivity index (χ0) is 19.7. The molecule has 1 atom stereocenters. The van der Waals surface area contributed by atoms with E-state index in [0.717, 1.165) is 5.56 Å². The van der Waals surface area contributed by atoms with Gasteiger partial charge in [-0.05, 0) is 25.1 Å². The molecule has 8 heteroatoms. The molecule has 4 rings (SSSR count). The molecule has 1 unspecified atom stereocenters. The number of methoxy groups -OCH3 is 1. The van der Waals surface area contributed by atoms with E-state index >= 15 is 0 Å². The summed E-state index contributed by atoms with van der Waals surface area (Å²) < 4.78 is 7.00. The molecule has 0 fully saturated rings. The smallest absolute Gasteiger partial charge is 0.255 e. The third-order valence-corrected chi connectivity index (χ3v) is 4.94. The molecule has 2 N–H and O–H groups in total. The number of allylic oxidation sites excluding steroid dienone is 1. The maximum absolute atomic E-state index is 13.3. The van der Waals surface area contributed by atoms with E-state index in [0.29, 0.717) is 33.7 Å². The molecule has 1 aliphatic rings. The van der Waals surface area contributed by atoms with E-state index in [4.69, 9.17) is 16.3 Å². The van der Waals surface area contributed by atoms with Gasteiger partial charge in [-0.3, -0.25) is 4.79 Å². The Bertz CT molecular complexity index is 1080. The zero-order valence-corrected chi connectivity index (χ0v) is 16.1. The molecular formula is C20H18ClN5O2. The quantitative estimate of drug-likeness (QED) is 0.700. The lowest BCUT2D eigenvalue weighted by molar-refractivity contribution is -0.113. The van der Waals surface area contributed by atoms with Crippen LogP contribution in [-0.4, -0.2) is 27.8 Å². The van der Waals surface area contributed by atoms with E-state index in [1.807, 2.05) is 37.3 Å². The van der Waals surface area contributed by atoms with Crippen LogP contribution in [0.1, 0.15) is 18.5 Å². The van der Waals surface area contributed by atoms with Crippen molar-refractivity contribution in [2.45, 2.75) is 13.0 Å². The second-order valence-electron chi connectivity index (χ2n) is 6.27. The maximum atomic E-state index is 13.3. The molecule has 0 bridgehead atoms. The van der Waals surface area contributed by atoms with E-state index in [1.165, 1.54) is 6.33 Å². The van der Waals surface area contributed by atoms with Crippen LogP contribution < -0.4 is 15.4 Å². The first kappa shape index (κ1) is 18.1. The van der Waals surface area contributed by atoms with Gasteiger partial charge in [-0.25, -0.2) is 4.68 Å². The Morgan fingerprint density at radius 1 is 1.21 bits per heavy atom. The molecule has 1 amide bonds. The topological polar surface area (TPSA) is 81.1 Å². The number of carbonyl (C=O) groups excluding carboxylic acids is 1. The number of nitrogens with zero attached hydrogens (tertiary/aromatic N) is 3. The first-order valence-corrected chi connectivity index (χ1v) is 9.04. The summed E-state index contributed by atoms with van der Waals surface area (Å²) in [6.45, 7) is 1.83. The monoisotopic (exact) mass is 395 g/mol. The highest BCUT2D eigenvalue weighted by Gasteiger charge is 2.34. The SMILES string of the molecule is COc1ccccc1NC(=O)C1=C(C)Nc2ncnn2C1c1ccccc1Cl. The standard InChI is InChI=1S/C20H18ClN5O2/c1-12-17(19(27)25-15-9-5-6-10-16(15)28-2)18(13-7-3-4-8-14(13)21)26-20(24-12)22-11-23-26/h3-11,18H,1-2H3,(H,25,27)(H,22,23,24). The molecule has 2 aromatic carbocycles. The van der Waals surface area contributed by atoms with Crippen molar-refractivity contribution in [2.75, 3.05) is 17.7 Å². The summed E-state index contributed by atoms with van der Waals surface area (Å²) in [6, 6.07) is 14.1. The summed E-state index contributed by atoms with van der Waals surface area (Å²) >= 11 is 6.46.